The highest BCUT2D eigenvalue weighted by Crippen LogP contribution is 2.34. The van der Waals surface area contributed by atoms with Gasteiger partial charge in [0.05, 0.1) is 8.95 Å². The van der Waals surface area contributed by atoms with Crippen molar-refractivity contribution in [1.82, 2.24) is 10.6 Å². The lowest BCUT2D eigenvalue weighted by Gasteiger charge is -2.12. The largest absolute Gasteiger partial charge is 0.481 e. The molecule has 0 unspecified atom stereocenters. The molecule has 0 radical (unpaired) electrons. The fourth-order valence-corrected chi connectivity index (χ4v) is 3.01. The molecule has 4 nitrogen and oxygen atoms in total. The summed E-state index contributed by atoms with van der Waals surface area (Å²) in [5.74, 6) is 0.444. The first-order valence-corrected chi connectivity index (χ1v) is 7.86. The Bertz CT molecular complexity index is 455. The minimum Gasteiger partial charge on any atom is -0.481 e. The molecule has 0 bridgehead atoms. The lowest BCUT2D eigenvalue weighted by molar-refractivity contribution is -0.122. The number of carbonyl (C=O) groups is 1. The molecule has 0 aliphatic heterocycles. The molecular formula is C14H18Br2N2O2. The van der Waals surface area contributed by atoms with Gasteiger partial charge in [0.1, 0.15) is 5.75 Å². The van der Waals surface area contributed by atoms with Crippen LogP contribution in [0.25, 0.3) is 0 Å². The first-order chi connectivity index (χ1) is 9.58. The SMILES string of the molecule is C=CCNC(=O)COc1c(Br)cc(CNCC)cc1Br. The maximum Gasteiger partial charge on any atom is 0.258 e. The van der Waals surface area contributed by atoms with Crippen LogP contribution in [0, 0.1) is 0 Å². The van der Waals surface area contributed by atoms with Crippen molar-refractivity contribution in [2.45, 2.75) is 13.5 Å². The summed E-state index contributed by atoms with van der Waals surface area (Å²) in [4.78, 5) is 11.5. The first kappa shape index (κ1) is 17.2. The number of hydrogen-bond acceptors (Lipinski definition) is 3. The van der Waals surface area contributed by atoms with Crippen LogP contribution < -0.4 is 15.4 Å². The summed E-state index contributed by atoms with van der Waals surface area (Å²) < 4.78 is 7.16. The van der Waals surface area contributed by atoms with E-state index < -0.39 is 0 Å². The molecule has 0 heterocycles. The van der Waals surface area contributed by atoms with Crippen LogP contribution in [-0.4, -0.2) is 25.6 Å². The van der Waals surface area contributed by atoms with Gasteiger partial charge in [-0.3, -0.25) is 4.79 Å². The number of carbonyl (C=O) groups excluding carboxylic acids is 1. The molecule has 0 fully saturated rings. The Morgan fingerprint density at radius 3 is 2.60 bits per heavy atom. The van der Waals surface area contributed by atoms with Gasteiger partial charge in [-0.25, -0.2) is 0 Å². The van der Waals surface area contributed by atoms with E-state index in [0.29, 0.717) is 12.3 Å². The number of rotatable bonds is 8. The van der Waals surface area contributed by atoms with E-state index in [4.69, 9.17) is 4.74 Å². The molecule has 0 saturated carbocycles. The molecule has 110 valence electrons. The second kappa shape index (κ2) is 9.15. The minimum atomic E-state index is -0.180. The number of benzene rings is 1. The molecule has 1 aromatic rings. The fraction of sp³-hybridized carbons (Fsp3) is 0.357. The van der Waals surface area contributed by atoms with Crippen molar-refractivity contribution in [2.24, 2.45) is 0 Å². The van der Waals surface area contributed by atoms with Crippen molar-refractivity contribution < 1.29 is 9.53 Å². The lowest BCUT2D eigenvalue weighted by Crippen LogP contribution is -2.28. The van der Waals surface area contributed by atoms with Crippen LogP contribution >= 0.6 is 31.9 Å². The van der Waals surface area contributed by atoms with Gasteiger partial charge in [0, 0.05) is 13.1 Å². The molecule has 2 N–H and O–H groups in total. The van der Waals surface area contributed by atoms with Crippen LogP contribution in [-0.2, 0) is 11.3 Å². The van der Waals surface area contributed by atoms with E-state index in [2.05, 4.69) is 56.0 Å². The van der Waals surface area contributed by atoms with Crippen molar-refractivity contribution in [1.29, 1.82) is 0 Å². The zero-order chi connectivity index (χ0) is 15.0. The van der Waals surface area contributed by atoms with E-state index in [9.17, 15) is 4.79 Å². The molecule has 0 aliphatic carbocycles. The summed E-state index contributed by atoms with van der Waals surface area (Å²) in [5, 5.41) is 5.91. The second-order valence-corrected chi connectivity index (χ2v) is 5.76. The highest BCUT2D eigenvalue weighted by Gasteiger charge is 2.10. The number of hydrogen-bond donors (Lipinski definition) is 2. The molecule has 0 aliphatic rings. The average molecular weight is 406 g/mol. The van der Waals surface area contributed by atoms with Crippen molar-refractivity contribution in [3.05, 3.63) is 39.3 Å². The van der Waals surface area contributed by atoms with Gasteiger partial charge in [-0.1, -0.05) is 13.0 Å². The Labute approximate surface area is 136 Å². The Kier molecular flexibility index (Phi) is 7.87. The maximum absolute atomic E-state index is 11.5. The molecule has 1 rings (SSSR count). The Morgan fingerprint density at radius 2 is 2.05 bits per heavy atom. The number of halogens is 2. The molecular weight excluding hydrogens is 388 g/mol. The summed E-state index contributed by atoms with van der Waals surface area (Å²) in [6, 6.07) is 3.95. The second-order valence-electron chi connectivity index (χ2n) is 4.05. The average Bonchev–Trinajstić information content (AvgIpc) is 2.41. The lowest BCUT2D eigenvalue weighted by atomic mass is 10.2. The monoisotopic (exact) mass is 404 g/mol. The quantitative estimate of drug-likeness (QED) is 0.653. The van der Waals surface area contributed by atoms with Crippen molar-refractivity contribution in [2.75, 3.05) is 19.7 Å². The van der Waals surface area contributed by atoms with Gasteiger partial charge in [0.2, 0.25) is 0 Å². The predicted molar refractivity (Wildman–Crippen MR) is 87.9 cm³/mol. The molecule has 1 aromatic carbocycles. The van der Waals surface area contributed by atoms with E-state index in [0.717, 1.165) is 27.6 Å². The highest BCUT2D eigenvalue weighted by molar-refractivity contribution is 9.11. The van der Waals surface area contributed by atoms with Crippen LogP contribution in [0.2, 0.25) is 0 Å². The molecule has 20 heavy (non-hydrogen) atoms. The Morgan fingerprint density at radius 1 is 1.40 bits per heavy atom. The van der Waals surface area contributed by atoms with Crippen LogP contribution in [0.3, 0.4) is 0 Å². The third-order valence-corrected chi connectivity index (χ3v) is 3.61. The summed E-state index contributed by atoms with van der Waals surface area (Å²) in [5.41, 5.74) is 1.13. The molecule has 1 amide bonds. The molecule has 6 heteroatoms. The fourth-order valence-electron chi connectivity index (χ4n) is 1.50. The molecule has 0 atom stereocenters. The van der Waals surface area contributed by atoms with Crippen molar-refractivity contribution in [3.8, 4) is 5.75 Å². The molecule has 0 saturated heterocycles. The van der Waals surface area contributed by atoms with Gasteiger partial charge in [0.25, 0.3) is 5.91 Å². The zero-order valence-corrected chi connectivity index (χ0v) is 14.5. The minimum absolute atomic E-state index is 0.0302. The van der Waals surface area contributed by atoms with Gasteiger partial charge >= 0.3 is 0 Å². The van der Waals surface area contributed by atoms with E-state index in [1.165, 1.54) is 0 Å². The van der Waals surface area contributed by atoms with Gasteiger partial charge < -0.3 is 15.4 Å². The van der Waals surface area contributed by atoms with E-state index >= 15 is 0 Å². The van der Waals surface area contributed by atoms with Gasteiger partial charge in [-0.15, -0.1) is 6.58 Å². The van der Waals surface area contributed by atoms with Crippen LogP contribution in [0.1, 0.15) is 12.5 Å². The number of nitrogens with one attached hydrogen (secondary N) is 2. The Hall–Kier alpha value is -0.850. The molecule has 0 spiro atoms. The third-order valence-electron chi connectivity index (χ3n) is 2.43. The van der Waals surface area contributed by atoms with Gasteiger partial charge in [0.15, 0.2) is 6.61 Å². The summed E-state index contributed by atoms with van der Waals surface area (Å²) in [6.45, 7) is 7.70. The van der Waals surface area contributed by atoms with Crippen molar-refractivity contribution >= 4 is 37.8 Å². The van der Waals surface area contributed by atoms with E-state index in [1.54, 1.807) is 6.08 Å². The topological polar surface area (TPSA) is 50.4 Å². The summed E-state index contributed by atoms with van der Waals surface area (Å²) in [7, 11) is 0. The third kappa shape index (κ3) is 5.64. The summed E-state index contributed by atoms with van der Waals surface area (Å²) in [6.07, 6.45) is 1.62. The smallest absolute Gasteiger partial charge is 0.258 e. The van der Waals surface area contributed by atoms with E-state index in [1.807, 2.05) is 12.1 Å². The first-order valence-electron chi connectivity index (χ1n) is 6.27. The van der Waals surface area contributed by atoms with Gasteiger partial charge in [-0.2, -0.15) is 0 Å². The van der Waals surface area contributed by atoms with Crippen LogP contribution in [0.4, 0.5) is 0 Å². The molecule has 0 aromatic heterocycles. The number of ether oxygens (including phenoxy) is 1. The van der Waals surface area contributed by atoms with E-state index in [-0.39, 0.29) is 12.5 Å². The Balaban J connectivity index is 2.66. The zero-order valence-electron chi connectivity index (χ0n) is 11.3. The standard InChI is InChI=1S/C14H18Br2N2O2/c1-3-5-18-13(19)9-20-14-11(15)6-10(7-12(14)16)8-17-4-2/h3,6-7,17H,1,4-5,8-9H2,2H3,(H,18,19). The predicted octanol–water partition coefficient (Wildman–Crippen LogP) is 3.00. The maximum atomic E-state index is 11.5. The number of amides is 1. The highest BCUT2D eigenvalue weighted by atomic mass is 79.9. The van der Waals surface area contributed by atoms with Crippen LogP contribution in [0.5, 0.6) is 5.75 Å². The van der Waals surface area contributed by atoms with Crippen LogP contribution in [0.15, 0.2) is 33.7 Å². The summed E-state index contributed by atoms with van der Waals surface area (Å²) >= 11 is 6.92. The van der Waals surface area contributed by atoms with Gasteiger partial charge in [-0.05, 0) is 56.1 Å². The normalized spacial score (nSPS) is 10.2. The van der Waals surface area contributed by atoms with Crippen molar-refractivity contribution in [3.63, 3.8) is 0 Å².